The number of nitrogens with zero attached hydrogens (tertiary/aromatic N) is 1. The van der Waals surface area contributed by atoms with Crippen molar-refractivity contribution in [3.05, 3.63) is 101 Å². The predicted octanol–water partition coefficient (Wildman–Crippen LogP) is 3.70. The summed E-state index contributed by atoms with van der Waals surface area (Å²) in [5.74, 6) is 0.285. The highest BCUT2D eigenvalue weighted by Gasteiger charge is 2.30. The molecule has 1 aliphatic heterocycles. The van der Waals surface area contributed by atoms with Gasteiger partial charge in [0.2, 0.25) is 0 Å². The fourth-order valence-corrected chi connectivity index (χ4v) is 2.93. The first kappa shape index (κ1) is 18.3. The maximum absolute atomic E-state index is 13.4. The average Bonchev–Trinajstić information content (AvgIpc) is 2.70. The standard InChI is InChI=1S/C21H15F2NO3/c1-27-21(26)18-3-2-12-24(19(18)13-25)20(14-4-8-16(22)9-5-14)15-6-10-17(23)11-7-15/h2-12,20H,1H3. The van der Waals surface area contributed by atoms with Gasteiger partial charge in [-0.3, -0.25) is 0 Å². The third-order valence-corrected chi connectivity index (χ3v) is 4.17. The zero-order valence-electron chi connectivity index (χ0n) is 14.4. The molecule has 0 fully saturated rings. The predicted molar refractivity (Wildman–Crippen MR) is 94.9 cm³/mol. The van der Waals surface area contributed by atoms with Gasteiger partial charge in [-0.15, -0.1) is 0 Å². The molecule has 1 heterocycles. The van der Waals surface area contributed by atoms with Crippen molar-refractivity contribution in [2.24, 2.45) is 0 Å². The van der Waals surface area contributed by atoms with Gasteiger partial charge in [0.15, 0.2) is 5.94 Å². The van der Waals surface area contributed by atoms with Crippen molar-refractivity contribution in [1.29, 1.82) is 0 Å². The number of rotatable bonds is 4. The normalized spacial score (nSPS) is 13.4. The lowest BCUT2D eigenvalue weighted by molar-refractivity contribution is -0.136. The first-order valence-corrected chi connectivity index (χ1v) is 8.06. The van der Waals surface area contributed by atoms with E-state index in [9.17, 15) is 18.4 Å². The van der Waals surface area contributed by atoms with E-state index in [1.807, 2.05) is 0 Å². The van der Waals surface area contributed by atoms with E-state index in [2.05, 4.69) is 0 Å². The highest BCUT2D eigenvalue weighted by Crippen LogP contribution is 2.35. The Morgan fingerprint density at radius 3 is 1.96 bits per heavy atom. The number of hydrogen-bond donors (Lipinski definition) is 0. The minimum Gasteiger partial charge on any atom is -0.465 e. The van der Waals surface area contributed by atoms with Crippen LogP contribution in [0.15, 0.2) is 78.2 Å². The molecule has 6 heteroatoms. The molecule has 136 valence electrons. The van der Waals surface area contributed by atoms with E-state index in [-0.39, 0.29) is 11.3 Å². The Labute approximate surface area is 154 Å². The van der Waals surface area contributed by atoms with E-state index in [0.717, 1.165) is 0 Å². The zero-order chi connectivity index (χ0) is 19.4. The summed E-state index contributed by atoms with van der Waals surface area (Å²) in [6.07, 6.45) is 4.64. The molecule has 1 aliphatic rings. The van der Waals surface area contributed by atoms with Crippen LogP contribution in [-0.4, -0.2) is 23.9 Å². The smallest absolute Gasteiger partial charge is 0.340 e. The highest BCUT2D eigenvalue weighted by molar-refractivity contribution is 5.97. The van der Waals surface area contributed by atoms with Gasteiger partial charge in [-0.25, -0.2) is 18.4 Å². The molecule has 2 aromatic carbocycles. The Balaban J connectivity index is 2.13. The number of benzene rings is 2. The van der Waals surface area contributed by atoms with Crippen molar-refractivity contribution in [3.8, 4) is 0 Å². The maximum Gasteiger partial charge on any atom is 0.340 e. The summed E-state index contributed by atoms with van der Waals surface area (Å²) in [5, 5.41) is 0. The first-order chi connectivity index (χ1) is 13.0. The van der Waals surface area contributed by atoms with Crippen LogP contribution >= 0.6 is 0 Å². The number of carbonyl (C=O) groups is 1. The molecule has 3 rings (SSSR count). The summed E-state index contributed by atoms with van der Waals surface area (Å²) in [4.78, 5) is 25.2. The van der Waals surface area contributed by atoms with Gasteiger partial charge in [0.05, 0.1) is 18.7 Å². The van der Waals surface area contributed by atoms with Gasteiger partial charge in [0.1, 0.15) is 17.3 Å². The Morgan fingerprint density at radius 1 is 1.00 bits per heavy atom. The molecule has 4 nitrogen and oxygen atoms in total. The minimum atomic E-state index is -0.681. The van der Waals surface area contributed by atoms with Gasteiger partial charge in [-0.05, 0) is 47.5 Å². The van der Waals surface area contributed by atoms with Crippen LogP contribution in [0.4, 0.5) is 8.78 Å². The SMILES string of the molecule is COC(=O)C1=CC=CN(C(c2ccc(F)cc2)c2ccc(F)cc2)C1=C=O. The van der Waals surface area contributed by atoms with Crippen LogP contribution < -0.4 is 0 Å². The Hall–Kier alpha value is -3.50. The molecule has 0 unspecified atom stereocenters. The van der Waals surface area contributed by atoms with Crippen molar-refractivity contribution in [1.82, 2.24) is 4.90 Å². The Bertz CT molecular complexity index is 910. The number of halogens is 2. The van der Waals surface area contributed by atoms with Gasteiger partial charge in [0.25, 0.3) is 0 Å². The van der Waals surface area contributed by atoms with Crippen LogP contribution in [0.2, 0.25) is 0 Å². The fraction of sp³-hybridized carbons (Fsp3) is 0.0952. The summed E-state index contributed by atoms with van der Waals surface area (Å²) in [6.45, 7) is 0. The molecule has 0 saturated heterocycles. The van der Waals surface area contributed by atoms with E-state index in [0.29, 0.717) is 11.1 Å². The zero-order valence-corrected chi connectivity index (χ0v) is 14.4. The molecule has 0 N–H and O–H groups in total. The molecule has 0 atom stereocenters. The second-order valence-corrected chi connectivity index (χ2v) is 5.78. The molecule has 0 saturated carbocycles. The van der Waals surface area contributed by atoms with Crippen molar-refractivity contribution < 1.29 is 23.1 Å². The quantitative estimate of drug-likeness (QED) is 0.611. The lowest BCUT2D eigenvalue weighted by Gasteiger charge is -2.33. The van der Waals surface area contributed by atoms with Crippen molar-refractivity contribution in [2.45, 2.75) is 6.04 Å². The van der Waals surface area contributed by atoms with Crippen LogP contribution in [0.5, 0.6) is 0 Å². The lowest BCUT2D eigenvalue weighted by atomic mass is 9.95. The molecule has 0 amide bonds. The van der Waals surface area contributed by atoms with Crippen LogP contribution in [-0.2, 0) is 14.3 Å². The van der Waals surface area contributed by atoms with Gasteiger partial charge in [0, 0.05) is 6.20 Å². The number of esters is 1. The largest absolute Gasteiger partial charge is 0.465 e. The summed E-state index contributed by atoms with van der Waals surface area (Å²) in [5.41, 5.74) is 1.31. The number of allylic oxidation sites excluding steroid dienone is 2. The molecule has 0 aromatic heterocycles. The highest BCUT2D eigenvalue weighted by atomic mass is 19.1. The van der Waals surface area contributed by atoms with Crippen LogP contribution in [0, 0.1) is 11.6 Å². The molecular weight excluding hydrogens is 352 g/mol. The second kappa shape index (κ2) is 7.81. The van der Waals surface area contributed by atoms with Crippen molar-refractivity contribution in [2.75, 3.05) is 7.11 Å². The van der Waals surface area contributed by atoms with Gasteiger partial charge in [-0.1, -0.05) is 24.3 Å². The van der Waals surface area contributed by atoms with E-state index in [4.69, 9.17) is 4.74 Å². The van der Waals surface area contributed by atoms with E-state index in [1.165, 1.54) is 42.4 Å². The third kappa shape index (κ3) is 3.71. The molecule has 27 heavy (non-hydrogen) atoms. The Kier molecular flexibility index (Phi) is 5.29. The molecular formula is C21H15F2NO3. The molecule has 0 radical (unpaired) electrons. The molecule has 0 aliphatic carbocycles. The summed E-state index contributed by atoms with van der Waals surface area (Å²) >= 11 is 0. The van der Waals surface area contributed by atoms with Crippen LogP contribution in [0.25, 0.3) is 0 Å². The monoisotopic (exact) mass is 367 g/mol. The van der Waals surface area contributed by atoms with E-state index >= 15 is 0 Å². The lowest BCUT2D eigenvalue weighted by Crippen LogP contribution is -2.29. The number of methoxy groups -OCH3 is 1. The second-order valence-electron chi connectivity index (χ2n) is 5.78. The van der Waals surface area contributed by atoms with E-state index in [1.54, 1.807) is 42.5 Å². The van der Waals surface area contributed by atoms with E-state index < -0.39 is 23.6 Å². The minimum absolute atomic E-state index is 0.0250. The number of hydrogen-bond acceptors (Lipinski definition) is 4. The van der Waals surface area contributed by atoms with Gasteiger partial charge in [-0.2, -0.15) is 0 Å². The van der Waals surface area contributed by atoms with Crippen molar-refractivity contribution >= 4 is 11.9 Å². The summed E-state index contributed by atoms with van der Waals surface area (Å²) < 4.78 is 31.5. The topological polar surface area (TPSA) is 46.6 Å². The maximum atomic E-state index is 13.4. The van der Waals surface area contributed by atoms with Gasteiger partial charge < -0.3 is 9.64 Å². The molecule has 2 aromatic rings. The molecule has 0 bridgehead atoms. The third-order valence-electron chi connectivity index (χ3n) is 4.17. The number of carbonyl (C=O) groups excluding carboxylic acids is 2. The fourth-order valence-electron chi connectivity index (χ4n) is 2.93. The summed E-state index contributed by atoms with van der Waals surface area (Å²) in [7, 11) is 1.21. The summed E-state index contributed by atoms with van der Waals surface area (Å²) in [6, 6.07) is 10.8. The van der Waals surface area contributed by atoms with Gasteiger partial charge >= 0.3 is 5.97 Å². The van der Waals surface area contributed by atoms with Crippen molar-refractivity contribution in [3.63, 3.8) is 0 Å². The molecule has 0 spiro atoms. The van der Waals surface area contributed by atoms with Crippen LogP contribution in [0.1, 0.15) is 17.2 Å². The average molecular weight is 367 g/mol. The van der Waals surface area contributed by atoms with Crippen LogP contribution in [0.3, 0.4) is 0 Å². The first-order valence-electron chi connectivity index (χ1n) is 8.06. The Morgan fingerprint density at radius 2 is 1.52 bits per heavy atom. The number of ether oxygens (including phenoxy) is 1.